The third-order valence-corrected chi connectivity index (χ3v) is 9.68. The molecule has 2 fully saturated rings. The SMILES string of the molecule is CN/C=N\C(=N)c1ccc(C2=CCN(C(=O)CN3CC[C@]4(CCN(c5ccc(N)c(C(=N)c6ccnc(C(F)(F)F)c6)c5)C4=O)C3)CC2)cc1. The van der Waals surface area contributed by atoms with E-state index >= 15 is 0 Å². The van der Waals surface area contributed by atoms with Crippen LogP contribution in [0, 0.1) is 16.2 Å². The van der Waals surface area contributed by atoms with E-state index in [-0.39, 0.29) is 46.7 Å². The zero-order valence-electron chi connectivity index (χ0n) is 27.6. The van der Waals surface area contributed by atoms with Gasteiger partial charge in [0.15, 0.2) is 5.84 Å². The van der Waals surface area contributed by atoms with Gasteiger partial charge in [-0.1, -0.05) is 30.3 Å². The van der Waals surface area contributed by atoms with Crippen LogP contribution in [0.15, 0.2) is 71.9 Å². The molecule has 5 N–H and O–H groups in total. The fraction of sp³-hybridized carbons (Fsp3) is 0.333. The Morgan fingerprint density at radius 2 is 1.82 bits per heavy atom. The summed E-state index contributed by atoms with van der Waals surface area (Å²) in [7, 11) is 1.72. The monoisotopic (exact) mass is 685 g/mol. The number of carbonyl (C=O) groups is 2. The Balaban J connectivity index is 1.06. The predicted molar refractivity (Wildman–Crippen MR) is 186 cm³/mol. The van der Waals surface area contributed by atoms with Crippen molar-refractivity contribution < 1.29 is 22.8 Å². The molecule has 4 heterocycles. The number of hydrogen-bond donors (Lipinski definition) is 4. The first-order valence-corrected chi connectivity index (χ1v) is 16.3. The molecule has 3 aliphatic rings. The number of benzene rings is 2. The van der Waals surface area contributed by atoms with E-state index in [0.717, 1.165) is 23.4 Å². The molecule has 6 rings (SSSR count). The number of likely N-dealkylation sites (tertiary alicyclic amines) is 1. The van der Waals surface area contributed by atoms with Crippen molar-refractivity contribution in [1.29, 1.82) is 10.8 Å². The molecule has 1 spiro atoms. The standard InChI is InChI=1S/C36H38F3N9O2/c1-43-22-45-33(42)25-4-2-23(3-5-25)24-9-14-47(15-10-24)31(49)20-46-16-11-35(21-46)12-17-48(34(35)50)27-6-7-29(40)28(19-27)32(41)26-8-13-44-30(18-26)36(37,38)39/h2-9,13,18-19,22,41H,10-12,14-17,20-21,40H2,1H3,(H2,42,43,45)/t35-/m0/s1. The lowest BCUT2D eigenvalue weighted by molar-refractivity contribution is -0.141. The zero-order valence-corrected chi connectivity index (χ0v) is 27.6. The number of aliphatic imine (C=N–C) groups is 1. The van der Waals surface area contributed by atoms with Crippen molar-refractivity contribution in [1.82, 2.24) is 20.1 Å². The first-order chi connectivity index (χ1) is 23.9. The summed E-state index contributed by atoms with van der Waals surface area (Å²) in [5.41, 5.74) is 8.09. The third-order valence-electron chi connectivity index (χ3n) is 9.68. The van der Waals surface area contributed by atoms with Gasteiger partial charge in [0.2, 0.25) is 11.8 Å². The fourth-order valence-corrected chi connectivity index (χ4v) is 6.86. The summed E-state index contributed by atoms with van der Waals surface area (Å²) in [5.74, 6) is 0.109. The second-order valence-corrected chi connectivity index (χ2v) is 12.8. The van der Waals surface area contributed by atoms with Crippen molar-refractivity contribution in [2.45, 2.75) is 25.4 Å². The van der Waals surface area contributed by atoms with Crippen LogP contribution >= 0.6 is 0 Å². The second kappa shape index (κ2) is 13.9. The second-order valence-electron chi connectivity index (χ2n) is 12.8. The molecule has 0 unspecified atom stereocenters. The van der Waals surface area contributed by atoms with Crippen LogP contribution in [-0.2, 0) is 15.8 Å². The first-order valence-electron chi connectivity index (χ1n) is 16.3. The van der Waals surface area contributed by atoms with E-state index in [1.807, 2.05) is 34.1 Å². The normalized spacial score (nSPS) is 19.8. The maximum atomic E-state index is 13.9. The van der Waals surface area contributed by atoms with Gasteiger partial charge >= 0.3 is 6.18 Å². The summed E-state index contributed by atoms with van der Waals surface area (Å²) in [4.78, 5) is 40.1. The molecule has 1 atom stereocenters. The Kier molecular flexibility index (Phi) is 9.56. The number of anilines is 2. The fourth-order valence-electron chi connectivity index (χ4n) is 6.86. The molecule has 2 aromatic carbocycles. The van der Waals surface area contributed by atoms with Crippen molar-refractivity contribution in [2.24, 2.45) is 10.4 Å². The number of nitrogens with zero attached hydrogens (tertiary/aromatic N) is 5. The van der Waals surface area contributed by atoms with Crippen molar-refractivity contribution in [3.63, 3.8) is 0 Å². The van der Waals surface area contributed by atoms with Gasteiger partial charge in [0, 0.05) is 67.5 Å². The molecule has 3 aliphatic heterocycles. The van der Waals surface area contributed by atoms with Crippen molar-refractivity contribution >= 4 is 46.6 Å². The highest BCUT2D eigenvalue weighted by molar-refractivity contribution is 6.15. The Hall–Kier alpha value is -5.37. The van der Waals surface area contributed by atoms with E-state index in [9.17, 15) is 22.8 Å². The lowest BCUT2D eigenvalue weighted by atomic mass is 9.85. The van der Waals surface area contributed by atoms with Crippen LogP contribution in [0.25, 0.3) is 5.57 Å². The molecule has 11 nitrogen and oxygen atoms in total. The zero-order chi connectivity index (χ0) is 35.6. The van der Waals surface area contributed by atoms with Crippen LogP contribution in [0.5, 0.6) is 0 Å². The van der Waals surface area contributed by atoms with Crippen LogP contribution in [0.2, 0.25) is 0 Å². The van der Waals surface area contributed by atoms with Crippen molar-refractivity contribution in [3.05, 3.63) is 94.8 Å². The number of carbonyl (C=O) groups excluding carboxylic acids is 2. The molecule has 50 heavy (non-hydrogen) atoms. The van der Waals surface area contributed by atoms with Gasteiger partial charge in [-0.2, -0.15) is 13.2 Å². The minimum Gasteiger partial charge on any atom is -0.398 e. The molecule has 2 amide bonds. The van der Waals surface area contributed by atoms with Crippen molar-refractivity contribution in [3.8, 4) is 0 Å². The molecule has 0 bridgehead atoms. The maximum absolute atomic E-state index is 13.9. The number of amidine groups is 1. The minimum absolute atomic E-state index is 0.0114. The quantitative estimate of drug-likeness (QED) is 0.156. The molecular formula is C36H38F3N9O2. The number of hydrogen-bond acceptors (Lipinski definition) is 7. The van der Waals surface area contributed by atoms with E-state index < -0.39 is 17.3 Å². The summed E-state index contributed by atoms with van der Waals surface area (Å²) in [6, 6.07) is 14.6. The highest BCUT2D eigenvalue weighted by Gasteiger charge is 2.51. The maximum Gasteiger partial charge on any atom is 0.433 e. The Bertz CT molecular complexity index is 1890. The van der Waals surface area contributed by atoms with Crippen LogP contribution < -0.4 is 16.0 Å². The van der Waals surface area contributed by atoms with Gasteiger partial charge < -0.3 is 20.9 Å². The van der Waals surface area contributed by atoms with E-state index in [1.165, 1.54) is 12.4 Å². The summed E-state index contributed by atoms with van der Waals surface area (Å²) in [6.07, 6.45) is 1.81. The Morgan fingerprint density at radius 1 is 1.06 bits per heavy atom. The van der Waals surface area contributed by atoms with E-state index in [2.05, 4.69) is 21.4 Å². The summed E-state index contributed by atoms with van der Waals surface area (Å²) in [6.45, 7) is 2.81. The molecule has 0 aliphatic carbocycles. The molecular weight excluding hydrogens is 647 g/mol. The number of aromatic nitrogens is 1. The molecule has 0 radical (unpaired) electrons. The van der Waals surface area contributed by atoms with Gasteiger partial charge in [-0.3, -0.25) is 30.3 Å². The third kappa shape index (κ3) is 7.01. The Labute approximate surface area is 287 Å². The smallest absolute Gasteiger partial charge is 0.398 e. The molecule has 1 aromatic heterocycles. The number of amides is 2. The van der Waals surface area contributed by atoms with Crippen LogP contribution in [0.1, 0.15) is 47.2 Å². The van der Waals surface area contributed by atoms with Gasteiger partial charge in [-0.15, -0.1) is 0 Å². The summed E-state index contributed by atoms with van der Waals surface area (Å²) in [5, 5.41) is 19.4. The minimum atomic E-state index is -4.66. The van der Waals surface area contributed by atoms with E-state index in [0.29, 0.717) is 63.2 Å². The predicted octanol–water partition coefficient (Wildman–Crippen LogP) is 4.42. The number of pyridine rings is 1. The summed E-state index contributed by atoms with van der Waals surface area (Å²) < 4.78 is 39.8. The Morgan fingerprint density at radius 3 is 2.52 bits per heavy atom. The number of nitrogen functional groups attached to an aromatic ring is 1. The van der Waals surface area contributed by atoms with Gasteiger partial charge in [-0.25, -0.2) is 4.99 Å². The molecule has 2 saturated heterocycles. The highest BCUT2D eigenvalue weighted by atomic mass is 19.4. The number of rotatable bonds is 8. The lowest BCUT2D eigenvalue weighted by Gasteiger charge is -2.29. The van der Waals surface area contributed by atoms with Crippen LogP contribution in [0.4, 0.5) is 24.5 Å². The van der Waals surface area contributed by atoms with Gasteiger partial charge in [0.25, 0.3) is 0 Å². The van der Waals surface area contributed by atoms with Gasteiger partial charge in [0.1, 0.15) is 5.69 Å². The van der Waals surface area contributed by atoms with Gasteiger partial charge in [-0.05, 0) is 67.3 Å². The number of alkyl halides is 3. The van der Waals surface area contributed by atoms with Crippen LogP contribution in [-0.4, -0.2) is 90.8 Å². The first kappa shape index (κ1) is 34.5. The van der Waals surface area contributed by atoms with E-state index in [1.54, 1.807) is 30.1 Å². The molecule has 0 saturated carbocycles. The highest BCUT2D eigenvalue weighted by Crippen LogP contribution is 2.43. The van der Waals surface area contributed by atoms with Crippen molar-refractivity contribution in [2.75, 3.05) is 56.9 Å². The lowest BCUT2D eigenvalue weighted by Crippen LogP contribution is -2.43. The van der Waals surface area contributed by atoms with E-state index in [4.69, 9.17) is 16.6 Å². The number of nitrogens with two attached hydrogens (primary N) is 1. The summed E-state index contributed by atoms with van der Waals surface area (Å²) >= 11 is 0. The number of nitrogens with one attached hydrogen (secondary N) is 3. The van der Waals surface area contributed by atoms with Crippen LogP contribution in [0.3, 0.4) is 0 Å². The topological polar surface area (TPSA) is 155 Å². The molecule has 3 aromatic rings. The number of halogens is 3. The molecule has 260 valence electrons. The average molecular weight is 686 g/mol. The van der Waals surface area contributed by atoms with Gasteiger partial charge in [0.05, 0.1) is 24.0 Å². The molecule has 14 heteroatoms. The largest absolute Gasteiger partial charge is 0.433 e. The average Bonchev–Trinajstić information content (AvgIpc) is 3.68.